The van der Waals surface area contributed by atoms with E-state index in [0.29, 0.717) is 30.2 Å². The maximum absolute atomic E-state index is 11.2. The zero-order valence-corrected chi connectivity index (χ0v) is 11.7. The molecular weight excluding hydrogens is 246 g/mol. The Labute approximate surface area is 113 Å². The minimum Gasteiger partial charge on any atom is -0.478 e. The van der Waals surface area contributed by atoms with Crippen LogP contribution in [0.15, 0.2) is 0 Å². The van der Waals surface area contributed by atoms with Crippen molar-refractivity contribution in [2.75, 3.05) is 25.1 Å². The van der Waals surface area contributed by atoms with Gasteiger partial charge < -0.3 is 15.2 Å². The number of hydrogen-bond acceptors (Lipinski definition) is 5. The van der Waals surface area contributed by atoms with Gasteiger partial charge in [0.15, 0.2) is 5.82 Å². The fourth-order valence-corrected chi connectivity index (χ4v) is 1.58. The summed E-state index contributed by atoms with van der Waals surface area (Å²) in [6, 6.07) is 0. The number of carbonyl (C=O) groups is 1. The van der Waals surface area contributed by atoms with Crippen LogP contribution in [0.5, 0.6) is 0 Å². The van der Waals surface area contributed by atoms with Crippen LogP contribution >= 0.6 is 0 Å². The number of carboxylic acid groups (broad SMARTS) is 1. The monoisotopic (exact) mass is 267 g/mol. The van der Waals surface area contributed by atoms with Crippen LogP contribution in [0.3, 0.4) is 0 Å². The SMILES string of the molecule is CCCCOCCNc1nnc(C)c(C)c1C(=O)O. The first kappa shape index (κ1) is 15.4. The lowest BCUT2D eigenvalue weighted by atomic mass is 10.1. The van der Waals surface area contributed by atoms with Crippen LogP contribution in [0.25, 0.3) is 0 Å². The number of unbranched alkanes of at least 4 members (excludes halogenated alkanes) is 1. The zero-order chi connectivity index (χ0) is 14.3. The first-order valence-corrected chi connectivity index (χ1v) is 6.46. The van der Waals surface area contributed by atoms with Gasteiger partial charge >= 0.3 is 5.97 Å². The molecule has 0 radical (unpaired) electrons. The molecule has 19 heavy (non-hydrogen) atoms. The molecule has 0 aromatic carbocycles. The van der Waals surface area contributed by atoms with Gasteiger partial charge in [-0.15, -0.1) is 5.10 Å². The summed E-state index contributed by atoms with van der Waals surface area (Å²) in [6.07, 6.45) is 2.13. The highest BCUT2D eigenvalue weighted by Gasteiger charge is 2.17. The second-order valence-electron chi connectivity index (χ2n) is 4.33. The quantitative estimate of drug-likeness (QED) is 0.701. The third-order valence-electron chi connectivity index (χ3n) is 2.85. The standard InChI is InChI=1S/C13H21N3O3/c1-4-5-7-19-8-6-14-12-11(13(17)18)9(2)10(3)15-16-12/h4-8H2,1-3H3,(H,14,16)(H,17,18). The van der Waals surface area contributed by atoms with E-state index in [0.717, 1.165) is 19.4 Å². The zero-order valence-electron chi connectivity index (χ0n) is 11.7. The first-order valence-electron chi connectivity index (χ1n) is 6.46. The van der Waals surface area contributed by atoms with E-state index in [2.05, 4.69) is 22.4 Å². The average Bonchev–Trinajstić information content (AvgIpc) is 2.37. The lowest BCUT2D eigenvalue weighted by molar-refractivity contribution is 0.0696. The van der Waals surface area contributed by atoms with Gasteiger partial charge in [-0.3, -0.25) is 0 Å². The van der Waals surface area contributed by atoms with E-state index in [4.69, 9.17) is 4.74 Å². The summed E-state index contributed by atoms with van der Waals surface area (Å²) in [5.41, 5.74) is 1.44. The molecule has 1 aromatic heterocycles. The molecule has 0 aliphatic heterocycles. The van der Waals surface area contributed by atoms with Crippen LogP contribution in [0.2, 0.25) is 0 Å². The fraction of sp³-hybridized carbons (Fsp3) is 0.615. The van der Waals surface area contributed by atoms with E-state index >= 15 is 0 Å². The van der Waals surface area contributed by atoms with Gasteiger partial charge in [0, 0.05) is 13.2 Å². The van der Waals surface area contributed by atoms with Crippen molar-refractivity contribution < 1.29 is 14.6 Å². The van der Waals surface area contributed by atoms with E-state index in [1.54, 1.807) is 13.8 Å². The topological polar surface area (TPSA) is 84.3 Å². The van der Waals surface area contributed by atoms with Crippen LogP contribution in [-0.4, -0.2) is 41.0 Å². The maximum Gasteiger partial charge on any atom is 0.339 e. The molecule has 1 aromatic rings. The number of aromatic carboxylic acids is 1. The summed E-state index contributed by atoms with van der Waals surface area (Å²) >= 11 is 0. The Hall–Kier alpha value is -1.69. The number of anilines is 1. The van der Waals surface area contributed by atoms with Crippen molar-refractivity contribution in [1.82, 2.24) is 10.2 Å². The number of ether oxygens (including phenoxy) is 1. The van der Waals surface area contributed by atoms with E-state index < -0.39 is 5.97 Å². The molecule has 1 rings (SSSR count). The van der Waals surface area contributed by atoms with Crippen molar-refractivity contribution in [3.63, 3.8) is 0 Å². The Morgan fingerprint density at radius 2 is 2.05 bits per heavy atom. The highest BCUT2D eigenvalue weighted by atomic mass is 16.5. The molecule has 0 aliphatic carbocycles. The van der Waals surface area contributed by atoms with Gasteiger partial charge in [-0.25, -0.2) is 4.79 Å². The minimum absolute atomic E-state index is 0.182. The largest absolute Gasteiger partial charge is 0.478 e. The molecule has 6 heteroatoms. The Kier molecular flexibility index (Phi) is 6.21. The molecule has 6 nitrogen and oxygen atoms in total. The second kappa shape index (κ2) is 7.68. The number of nitrogens with one attached hydrogen (secondary N) is 1. The van der Waals surface area contributed by atoms with Gasteiger partial charge in [0.1, 0.15) is 5.56 Å². The third kappa shape index (κ3) is 4.48. The Morgan fingerprint density at radius 3 is 2.68 bits per heavy atom. The van der Waals surface area contributed by atoms with Gasteiger partial charge in [-0.1, -0.05) is 13.3 Å². The number of aromatic nitrogens is 2. The minimum atomic E-state index is -0.995. The molecule has 0 spiro atoms. The van der Waals surface area contributed by atoms with Gasteiger partial charge in [-0.05, 0) is 25.8 Å². The van der Waals surface area contributed by atoms with Crippen molar-refractivity contribution in [1.29, 1.82) is 0 Å². The predicted molar refractivity (Wildman–Crippen MR) is 72.7 cm³/mol. The number of hydrogen-bond donors (Lipinski definition) is 2. The van der Waals surface area contributed by atoms with Gasteiger partial charge in [0.2, 0.25) is 0 Å². The molecule has 0 bridgehead atoms. The highest BCUT2D eigenvalue weighted by molar-refractivity contribution is 5.94. The molecule has 0 atom stereocenters. The second-order valence-corrected chi connectivity index (χ2v) is 4.33. The average molecular weight is 267 g/mol. The van der Waals surface area contributed by atoms with E-state index in [9.17, 15) is 9.90 Å². The molecule has 0 unspecified atom stereocenters. The van der Waals surface area contributed by atoms with Crippen molar-refractivity contribution in [2.24, 2.45) is 0 Å². The van der Waals surface area contributed by atoms with E-state index in [1.807, 2.05) is 0 Å². The third-order valence-corrected chi connectivity index (χ3v) is 2.85. The lowest BCUT2D eigenvalue weighted by Crippen LogP contribution is -2.16. The molecule has 2 N–H and O–H groups in total. The summed E-state index contributed by atoms with van der Waals surface area (Å²) in [5.74, 6) is -0.695. The fourth-order valence-electron chi connectivity index (χ4n) is 1.58. The number of nitrogens with zero attached hydrogens (tertiary/aromatic N) is 2. The first-order chi connectivity index (χ1) is 9.07. The highest BCUT2D eigenvalue weighted by Crippen LogP contribution is 2.17. The lowest BCUT2D eigenvalue weighted by Gasteiger charge is -2.11. The molecule has 106 valence electrons. The Bertz CT molecular complexity index is 435. The van der Waals surface area contributed by atoms with Crippen molar-refractivity contribution >= 4 is 11.8 Å². The van der Waals surface area contributed by atoms with Crippen molar-refractivity contribution in [3.05, 3.63) is 16.8 Å². The normalized spacial score (nSPS) is 10.5. The van der Waals surface area contributed by atoms with Crippen molar-refractivity contribution in [2.45, 2.75) is 33.6 Å². The van der Waals surface area contributed by atoms with Gasteiger partial charge in [0.25, 0.3) is 0 Å². The molecule has 1 heterocycles. The summed E-state index contributed by atoms with van der Waals surface area (Å²) in [5, 5.41) is 20.0. The van der Waals surface area contributed by atoms with E-state index in [1.165, 1.54) is 0 Å². The van der Waals surface area contributed by atoms with Gasteiger partial charge in [0.05, 0.1) is 12.3 Å². The molecular formula is C13H21N3O3. The van der Waals surface area contributed by atoms with Crippen LogP contribution in [-0.2, 0) is 4.74 Å². The predicted octanol–water partition coefficient (Wildman–Crippen LogP) is 2.02. The van der Waals surface area contributed by atoms with Crippen LogP contribution in [0.1, 0.15) is 41.4 Å². The smallest absolute Gasteiger partial charge is 0.339 e. The summed E-state index contributed by atoms with van der Waals surface area (Å²) in [7, 11) is 0. The van der Waals surface area contributed by atoms with Crippen LogP contribution in [0.4, 0.5) is 5.82 Å². The summed E-state index contributed by atoms with van der Waals surface area (Å²) in [4.78, 5) is 11.2. The molecule has 0 amide bonds. The summed E-state index contributed by atoms with van der Waals surface area (Å²) in [6.45, 7) is 7.34. The van der Waals surface area contributed by atoms with E-state index in [-0.39, 0.29) is 5.56 Å². The Balaban J connectivity index is 2.58. The van der Waals surface area contributed by atoms with Crippen molar-refractivity contribution in [3.8, 4) is 0 Å². The Morgan fingerprint density at radius 1 is 1.32 bits per heavy atom. The maximum atomic E-state index is 11.2. The number of aryl methyl sites for hydroxylation is 1. The summed E-state index contributed by atoms with van der Waals surface area (Å²) < 4.78 is 5.39. The van der Waals surface area contributed by atoms with Gasteiger partial charge in [-0.2, -0.15) is 5.10 Å². The van der Waals surface area contributed by atoms with Crippen LogP contribution in [0, 0.1) is 13.8 Å². The molecule has 0 fully saturated rings. The molecule has 0 saturated carbocycles. The number of carboxylic acids is 1. The number of rotatable bonds is 8. The molecule has 0 aliphatic rings. The van der Waals surface area contributed by atoms with Crippen LogP contribution < -0.4 is 5.32 Å². The molecule has 0 saturated heterocycles.